The molecule has 0 amide bonds. The lowest BCUT2D eigenvalue weighted by Crippen LogP contribution is -2.09. The number of ether oxygens (including phenoxy) is 2. The molecule has 0 saturated carbocycles. The lowest BCUT2D eigenvalue weighted by atomic mass is 10.2. The predicted molar refractivity (Wildman–Crippen MR) is 170 cm³/mol. The smallest absolute Gasteiger partial charge is 0.311 e. The van der Waals surface area contributed by atoms with Gasteiger partial charge >= 0.3 is 11.4 Å². The van der Waals surface area contributed by atoms with Crippen LogP contribution >= 0.6 is 35.1 Å². The molecule has 0 bridgehead atoms. The predicted octanol–water partition coefficient (Wildman–Crippen LogP) is 5.07. The second-order valence-electron chi connectivity index (χ2n) is 8.97. The number of hydrogen-bond acceptors (Lipinski definition) is 14. The van der Waals surface area contributed by atoms with E-state index in [1.807, 2.05) is 0 Å². The Bertz CT molecular complexity index is 2120. The molecule has 0 saturated heterocycles. The van der Waals surface area contributed by atoms with Crippen molar-refractivity contribution in [2.75, 3.05) is 14.2 Å². The van der Waals surface area contributed by atoms with Gasteiger partial charge in [-0.3, -0.25) is 30.0 Å². The van der Waals surface area contributed by atoms with Crippen LogP contribution in [0.15, 0.2) is 64.2 Å². The van der Waals surface area contributed by atoms with Gasteiger partial charge in [-0.2, -0.15) is 0 Å². The maximum Gasteiger partial charge on any atom is 0.311 e. The molecular weight excluding hydrogens is 664 g/mol. The number of H-pyrrole nitrogens is 3. The molecule has 0 aliphatic carbocycles. The van der Waals surface area contributed by atoms with Crippen LogP contribution in [0.1, 0.15) is 11.1 Å². The summed E-state index contributed by atoms with van der Waals surface area (Å²) in [6.45, 7) is 0. The summed E-state index contributed by atoms with van der Waals surface area (Å²) < 4.78 is 9.94. The highest BCUT2D eigenvalue weighted by Gasteiger charge is 2.17. The van der Waals surface area contributed by atoms with E-state index in [9.17, 15) is 25.0 Å². The van der Waals surface area contributed by atoms with Crippen molar-refractivity contribution in [1.82, 2.24) is 39.9 Å². The molecule has 20 heteroatoms. The Hall–Kier alpha value is -5.27. The zero-order chi connectivity index (χ0) is 32.8. The maximum atomic E-state index is 11.8. The number of hydrogen-bond donors (Lipinski definition) is 3. The number of nitrogens with zero attached hydrogens (tertiary/aromatic N) is 7. The van der Waals surface area contributed by atoms with E-state index in [-0.39, 0.29) is 33.6 Å². The van der Waals surface area contributed by atoms with Crippen LogP contribution in [0.4, 0.5) is 11.4 Å². The number of aromatic nitrogens is 8. The van der Waals surface area contributed by atoms with Crippen LogP contribution in [0.2, 0.25) is 5.15 Å². The number of benzene rings is 2. The van der Waals surface area contributed by atoms with E-state index >= 15 is 0 Å². The van der Waals surface area contributed by atoms with Gasteiger partial charge in [0.15, 0.2) is 43.8 Å². The second-order valence-corrected chi connectivity index (χ2v) is 11.2. The van der Waals surface area contributed by atoms with Crippen molar-refractivity contribution in [3.63, 3.8) is 0 Å². The first-order valence-corrected chi connectivity index (χ1v) is 15.2. The number of nitrogens with one attached hydrogen (secondary N) is 3. The third-order valence-electron chi connectivity index (χ3n) is 6.12. The quantitative estimate of drug-likeness (QED) is 0.0562. The van der Waals surface area contributed by atoms with E-state index in [4.69, 9.17) is 21.1 Å². The van der Waals surface area contributed by atoms with Gasteiger partial charge in [0.05, 0.1) is 36.7 Å². The van der Waals surface area contributed by atoms with E-state index < -0.39 is 9.85 Å². The normalized spacial score (nSPS) is 10.8. The highest BCUT2D eigenvalue weighted by atomic mass is 35.5. The standard InChI is InChI=1S/C13H10ClN5O3S.C13H11N5O4S/c1-22-9-3-2-7(4-8(9)19(20)21)5-23-13-17-11(14)10-12(18-13)16-6-15-10;1-22-9-3-2-7(4-8(9)18(20)21)5-23-13-16-11-10(12(19)17-13)14-6-15-11/h2-4,6H,5H2,1H3,(H,15,16,17,18);2-4,6H,5H2,1H3,(H2,14,15,16,17,19). The third-order valence-corrected chi connectivity index (χ3v) is 8.26. The SMILES string of the molecule is COc1ccc(CSc2nc(Cl)c3[nH]cnc3n2)cc1[N+](=O)[O-].COc1ccc(CSc2nc3nc[nH]c3c(=O)[nH]2)cc1[N+](=O)[O-]. The summed E-state index contributed by atoms with van der Waals surface area (Å²) in [4.78, 5) is 61.7. The number of imidazole rings is 2. The molecule has 236 valence electrons. The minimum Gasteiger partial charge on any atom is -0.490 e. The summed E-state index contributed by atoms with van der Waals surface area (Å²) in [5.41, 5.74) is 2.69. The van der Waals surface area contributed by atoms with Crippen molar-refractivity contribution in [3.05, 3.63) is 95.9 Å². The van der Waals surface area contributed by atoms with Crippen LogP contribution in [-0.4, -0.2) is 63.9 Å². The van der Waals surface area contributed by atoms with Crippen molar-refractivity contribution in [1.29, 1.82) is 0 Å². The fraction of sp³-hybridized carbons (Fsp3) is 0.154. The van der Waals surface area contributed by atoms with Crippen molar-refractivity contribution >= 4 is 68.8 Å². The Balaban J connectivity index is 0.000000181. The molecule has 0 aliphatic rings. The first-order chi connectivity index (χ1) is 22.2. The van der Waals surface area contributed by atoms with Crippen molar-refractivity contribution in [2.24, 2.45) is 0 Å². The van der Waals surface area contributed by atoms with Gasteiger partial charge in [0.1, 0.15) is 5.52 Å². The minimum atomic E-state index is -0.497. The van der Waals surface area contributed by atoms with Crippen LogP contribution in [0.25, 0.3) is 22.3 Å². The number of nitro groups is 2. The Morgan fingerprint density at radius 2 is 1.35 bits per heavy atom. The summed E-state index contributed by atoms with van der Waals surface area (Å²) in [6.07, 6.45) is 2.89. The Kier molecular flexibility index (Phi) is 9.94. The molecule has 6 rings (SSSR count). The van der Waals surface area contributed by atoms with Gasteiger partial charge in [-0.15, -0.1) is 0 Å². The Morgan fingerprint density at radius 3 is 1.91 bits per heavy atom. The highest BCUT2D eigenvalue weighted by Crippen LogP contribution is 2.32. The molecule has 4 heterocycles. The molecule has 17 nitrogen and oxygen atoms in total. The number of thioether (sulfide) groups is 2. The summed E-state index contributed by atoms with van der Waals surface area (Å²) in [5.74, 6) is 1.29. The Labute approximate surface area is 270 Å². The number of halogens is 1. The van der Waals surface area contributed by atoms with Crippen LogP contribution in [0.5, 0.6) is 11.5 Å². The van der Waals surface area contributed by atoms with E-state index in [1.165, 1.54) is 62.5 Å². The summed E-state index contributed by atoms with van der Waals surface area (Å²) in [5, 5.41) is 23.2. The third kappa shape index (κ3) is 7.33. The van der Waals surface area contributed by atoms with E-state index in [0.29, 0.717) is 49.7 Å². The van der Waals surface area contributed by atoms with Gasteiger partial charge < -0.3 is 19.4 Å². The largest absolute Gasteiger partial charge is 0.490 e. The van der Waals surface area contributed by atoms with Gasteiger partial charge in [-0.1, -0.05) is 47.3 Å². The first-order valence-electron chi connectivity index (χ1n) is 12.8. The number of rotatable bonds is 10. The van der Waals surface area contributed by atoms with Crippen molar-refractivity contribution < 1.29 is 19.3 Å². The number of methoxy groups -OCH3 is 2. The molecule has 6 aromatic rings. The molecule has 0 radical (unpaired) electrons. The van der Waals surface area contributed by atoms with Crippen LogP contribution < -0.4 is 15.0 Å². The van der Waals surface area contributed by atoms with E-state index in [0.717, 1.165) is 5.56 Å². The molecule has 46 heavy (non-hydrogen) atoms. The zero-order valence-corrected chi connectivity index (χ0v) is 26.1. The Morgan fingerprint density at radius 1 is 0.804 bits per heavy atom. The van der Waals surface area contributed by atoms with Crippen molar-refractivity contribution in [3.8, 4) is 11.5 Å². The van der Waals surface area contributed by atoms with Gasteiger partial charge in [-0.05, 0) is 23.3 Å². The first kappa shape index (κ1) is 32.1. The van der Waals surface area contributed by atoms with Gasteiger partial charge in [0.2, 0.25) is 0 Å². The number of aromatic amines is 3. The lowest BCUT2D eigenvalue weighted by molar-refractivity contribution is -0.385. The van der Waals surface area contributed by atoms with Crippen LogP contribution in [0, 0.1) is 20.2 Å². The van der Waals surface area contributed by atoms with Gasteiger partial charge in [0.25, 0.3) is 5.56 Å². The summed E-state index contributed by atoms with van der Waals surface area (Å²) >= 11 is 8.62. The molecule has 0 atom stereocenters. The molecule has 4 aromatic heterocycles. The summed E-state index contributed by atoms with van der Waals surface area (Å²) in [6, 6.07) is 9.51. The molecule has 0 spiro atoms. The number of fused-ring (bicyclic) bond motifs is 2. The molecule has 0 aliphatic heterocycles. The minimum absolute atomic E-state index is 0.0766. The average Bonchev–Trinajstić information content (AvgIpc) is 3.73. The maximum absolute atomic E-state index is 11.8. The van der Waals surface area contributed by atoms with Crippen molar-refractivity contribution in [2.45, 2.75) is 21.8 Å². The number of nitro benzene ring substituents is 2. The second kappa shape index (κ2) is 14.2. The van der Waals surface area contributed by atoms with Gasteiger partial charge in [0, 0.05) is 23.6 Å². The average molecular weight is 685 g/mol. The van der Waals surface area contributed by atoms with Gasteiger partial charge in [-0.25, -0.2) is 24.9 Å². The topological polar surface area (TPSA) is 234 Å². The van der Waals surface area contributed by atoms with Crippen LogP contribution in [0.3, 0.4) is 0 Å². The highest BCUT2D eigenvalue weighted by molar-refractivity contribution is 7.98. The monoisotopic (exact) mass is 684 g/mol. The molecule has 0 unspecified atom stereocenters. The molecule has 2 aromatic carbocycles. The lowest BCUT2D eigenvalue weighted by Gasteiger charge is -2.05. The zero-order valence-electron chi connectivity index (χ0n) is 23.7. The fourth-order valence-electron chi connectivity index (χ4n) is 3.97. The van der Waals surface area contributed by atoms with E-state index in [1.54, 1.807) is 24.3 Å². The molecule has 3 N–H and O–H groups in total. The van der Waals surface area contributed by atoms with Crippen LogP contribution in [-0.2, 0) is 11.5 Å². The van der Waals surface area contributed by atoms with E-state index in [2.05, 4.69) is 39.9 Å². The molecular formula is C26H21ClN10O7S2. The fourth-order valence-corrected chi connectivity index (χ4v) is 5.82. The summed E-state index contributed by atoms with van der Waals surface area (Å²) in [7, 11) is 2.77. The molecule has 0 fully saturated rings.